The molecule has 0 spiro atoms. The number of carbonyl (C=O) groups is 2. The van der Waals surface area contributed by atoms with Gasteiger partial charge in [-0.1, -0.05) is 12.1 Å². The lowest BCUT2D eigenvalue weighted by Crippen LogP contribution is -2.53. The minimum atomic E-state index is -5.08. The normalized spacial score (nSPS) is 21.9. The summed E-state index contributed by atoms with van der Waals surface area (Å²) in [4.78, 5) is 23.0. The third kappa shape index (κ3) is 7.78. The van der Waals surface area contributed by atoms with Crippen LogP contribution >= 0.6 is 0 Å². The summed E-state index contributed by atoms with van der Waals surface area (Å²) >= 11 is 0. The summed E-state index contributed by atoms with van der Waals surface area (Å²) in [5.74, 6) is -6.18. The molecule has 2 saturated heterocycles. The van der Waals surface area contributed by atoms with Crippen LogP contribution in [-0.2, 0) is 30.9 Å². The van der Waals surface area contributed by atoms with Crippen LogP contribution in [0.3, 0.4) is 0 Å². The van der Waals surface area contributed by atoms with E-state index in [4.69, 9.17) is 20.4 Å². The molecule has 9 nitrogen and oxygen atoms in total. The van der Waals surface area contributed by atoms with Gasteiger partial charge in [-0.05, 0) is 24.1 Å². The smallest absolute Gasteiger partial charge is 0.475 e. The largest absolute Gasteiger partial charge is 0.490 e. The van der Waals surface area contributed by atoms with Gasteiger partial charge in [0.2, 0.25) is 15.9 Å². The minimum Gasteiger partial charge on any atom is -0.475 e. The second kappa shape index (κ2) is 11.7. The molecule has 2 fully saturated rings. The van der Waals surface area contributed by atoms with E-state index < -0.39 is 59.1 Å². The standard InChI is InChI=1S/C18H24F3N3O4S.C2HF3O2/c19-18(20,21)15-9-14(17(25)23-4-6-28-7-5-23)11-24(12-15)29(26,27)16-3-1-2-13(8-16)10-22;3-2(4,5)1(6)7/h1-3,8,14-15H,4-7,9-12,22H2;(H,6,7)/t14-,15-;/m0./s1. The van der Waals surface area contributed by atoms with Crippen molar-refractivity contribution in [3.05, 3.63) is 29.8 Å². The topological polar surface area (TPSA) is 130 Å². The monoisotopic (exact) mass is 549 g/mol. The van der Waals surface area contributed by atoms with Crippen LogP contribution in [0.4, 0.5) is 26.3 Å². The first-order chi connectivity index (χ1) is 16.6. The Morgan fingerprint density at radius 1 is 1.08 bits per heavy atom. The molecule has 1 amide bonds. The zero-order valence-electron chi connectivity index (χ0n) is 18.8. The van der Waals surface area contributed by atoms with Gasteiger partial charge in [-0.15, -0.1) is 0 Å². The van der Waals surface area contributed by atoms with E-state index in [0.717, 1.165) is 4.31 Å². The number of carboxylic acid groups (broad SMARTS) is 1. The molecule has 2 heterocycles. The molecule has 0 aromatic heterocycles. The number of carboxylic acids is 1. The van der Waals surface area contributed by atoms with Crippen molar-refractivity contribution in [2.75, 3.05) is 39.4 Å². The number of amides is 1. The second-order valence-electron chi connectivity index (χ2n) is 8.09. The zero-order chi connectivity index (χ0) is 27.3. The Kier molecular flexibility index (Phi) is 9.72. The van der Waals surface area contributed by atoms with Gasteiger partial charge >= 0.3 is 18.3 Å². The SMILES string of the molecule is NCc1cccc(S(=O)(=O)N2C[C@@H](C(=O)N3CCOCC3)C[C@H](C(F)(F)F)C2)c1.O=C(O)C(F)(F)F. The fourth-order valence-electron chi connectivity index (χ4n) is 3.69. The van der Waals surface area contributed by atoms with Crippen molar-refractivity contribution in [1.29, 1.82) is 0 Å². The first-order valence-electron chi connectivity index (χ1n) is 10.6. The van der Waals surface area contributed by atoms with Crippen molar-refractivity contribution in [2.45, 2.75) is 30.2 Å². The molecule has 2 aliphatic heterocycles. The lowest BCUT2D eigenvalue weighted by Gasteiger charge is -2.39. The maximum absolute atomic E-state index is 13.5. The summed E-state index contributed by atoms with van der Waals surface area (Å²) in [5.41, 5.74) is 6.10. The highest BCUT2D eigenvalue weighted by molar-refractivity contribution is 7.89. The average molecular weight is 549 g/mol. The number of sulfonamides is 1. The number of carbonyl (C=O) groups excluding carboxylic acids is 1. The molecule has 1 aromatic rings. The van der Waals surface area contributed by atoms with E-state index in [-0.39, 0.29) is 31.1 Å². The van der Waals surface area contributed by atoms with Crippen LogP contribution in [0, 0.1) is 11.8 Å². The van der Waals surface area contributed by atoms with Gasteiger partial charge in [-0.3, -0.25) is 4.79 Å². The summed E-state index contributed by atoms with van der Waals surface area (Å²) in [7, 11) is -4.20. The highest BCUT2D eigenvalue weighted by Gasteiger charge is 2.49. The third-order valence-electron chi connectivity index (χ3n) is 5.57. The first-order valence-corrected chi connectivity index (χ1v) is 12.0. The Labute approximate surface area is 202 Å². The van der Waals surface area contributed by atoms with E-state index in [1.54, 1.807) is 6.07 Å². The molecule has 2 aliphatic rings. The van der Waals surface area contributed by atoms with Crippen molar-refractivity contribution in [3.8, 4) is 0 Å². The molecule has 36 heavy (non-hydrogen) atoms. The highest BCUT2D eigenvalue weighted by atomic mass is 32.2. The third-order valence-corrected chi connectivity index (χ3v) is 7.39. The molecule has 1 aromatic carbocycles. The van der Waals surface area contributed by atoms with Gasteiger partial charge < -0.3 is 20.5 Å². The molecule has 204 valence electrons. The molecular formula is C20H25F6N3O6S. The summed E-state index contributed by atoms with van der Waals surface area (Å²) in [5, 5.41) is 7.12. The summed E-state index contributed by atoms with van der Waals surface area (Å²) < 4.78 is 104. The van der Waals surface area contributed by atoms with Crippen LogP contribution in [0.25, 0.3) is 0 Å². The maximum atomic E-state index is 13.5. The lowest BCUT2D eigenvalue weighted by molar-refractivity contribution is -0.192. The molecular weight excluding hydrogens is 524 g/mol. The molecule has 2 atom stereocenters. The average Bonchev–Trinajstić information content (AvgIpc) is 2.83. The van der Waals surface area contributed by atoms with Crippen LogP contribution in [-0.4, -0.2) is 86.4 Å². The van der Waals surface area contributed by atoms with Gasteiger partial charge in [0.1, 0.15) is 0 Å². The Bertz CT molecular complexity index is 1030. The lowest BCUT2D eigenvalue weighted by atomic mass is 9.89. The molecule has 0 saturated carbocycles. The second-order valence-corrected chi connectivity index (χ2v) is 10.0. The molecule has 16 heteroatoms. The van der Waals surface area contributed by atoms with E-state index >= 15 is 0 Å². The number of rotatable bonds is 4. The predicted octanol–water partition coefficient (Wildman–Crippen LogP) is 1.83. The molecule has 0 aliphatic carbocycles. The number of ether oxygens (including phenoxy) is 1. The first kappa shape index (κ1) is 29.8. The number of nitrogens with zero attached hydrogens (tertiary/aromatic N) is 2. The highest BCUT2D eigenvalue weighted by Crippen LogP contribution is 2.38. The van der Waals surface area contributed by atoms with Crippen LogP contribution < -0.4 is 5.73 Å². The Morgan fingerprint density at radius 3 is 2.17 bits per heavy atom. The quantitative estimate of drug-likeness (QED) is 0.548. The van der Waals surface area contributed by atoms with E-state index in [2.05, 4.69) is 0 Å². The molecule has 3 rings (SSSR count). The number of aliphatic carboxylic acids is 1. The van der Waals surface area contributed by atoms with Crippen LogP contribution in [0.2, 0.25) is 0 Å². The van der Waals surface area contributed by atoms with Gasteiger partial charge in [-0.25, -0.2) is 13.2 Å². The number of halogens is 6. The van der Waals surface area contributed by atoms with E-state index in [1.165, 1.54) is 23.1 Å². The Hall–Kier alpha value is -2.43. The summed E-state index contributed by atoms with van der Waals surface area (Å²) in [6.07, 6.45) is -10.1. The predicted molar refractivity (Wildman–Crippen MR) is 112 cm³/mol. The van der Waals surface area contributed by atoms with E-state index in [1.807, 2.05) is 0 Å². The van der Waals surface area contributed by atoms with E-state index in [0.29, 0.717) is 18.8 Å². The van der Waals surface area contributed by atoms with Gasteiger partial charge in [0.05, 0.1) is 29.9 Å². The molecule has 3 N–H and O–H groups in total. The number of benzene rings is 1. The van der Waals surface area contributed by atoms with Gasteiger partial charge in [0.25, 0.3) is 0 Å². The number of alkyl halides is 6. The maximum Gasteiger partial charge on any atom is 0.490 e. The molecule has 0 unspecified atom stereocenters. The Morgan fingerprint density at radius 2 is 1.67 bits per heavy atom. The Balaban J connectivity index is 0.000000572. The number of morpholine rings is 1. The van der Waals surface area contributed by atoms with Crippen molar-refractivity contribution in [1.82, 2.24) is 9.21 Å². The number of nitrogens with two attached hydrogens (primary N) is 1. The number of hydrogen-bond donors (Lipinski definition) is 2. The van der Waals surface area contributed by atoms with Gasteiger partial charge in [0, 0.05) is 32.7 Å². The van der Waals surface area contributed by atoms with Crippen molar-refractivity contribution in [2.24, 2.45) is 17.6 Å². The summed E-state index contributed by atoms with van der Waals surface area (Å²) in [6.45, 7) is 0.328. The minimum absolute atomic E-state index is 0.104. The van der Waals surface area contributed by atoms with Gasteiger partial charge in [0.15, 0.2) is 0 Å². The van der Waals surface area contributed by atoms with Crippen LogP contribution in [0.15, 0.2) is 29.2 Å². The van der Waals surface area contributed by atoms with Crippen molar-refractivity contribution < 1.29 is 54.2 Å². The van der Waals surface area contributed by atoms with Gasteiger partial charge in [-0.2, -0.15) is 30.6 Å². The van der Waals surface area contributed by atoms with Crippen LogP contribution in [0.5, 0.6) is 0 Å². The molecule has 0 bridgehead atoms. The van der Waals surface area contributed by atoms with Crippen molar-refractivity contribution in [3.63, 3.8) is 0 Å². The van der Waals surface area contributed by atoms with Crippen molar-refractivity contribution >= 4 is 21.9 Å². The summed E-state index contributed by atoms with van der Waals surface area (Å²) in [6, 6.07) is 5.81. The fraction of sp³-hybridized carbons (Fsp3) is 0.600. The number of piperidine rings is 1. The van der Waals surface area contributed by atoms with Crippen LogP contribution in [0.1, 0.15) is 12.0 Å². The molecule has 0 radical (unpaired) electrons. The number of hydrogen-bond acceptors (Lipinski definition) is 6. The zero-order valence-corrected chi connectivity index (χ0v) is 19.6. The fourth-order valence-corrected chi connectivity index (χ4v) is 5.30. The van der Waals surface area contributed by atoms with E-state index in [9.17, 15) is 39.6 Å².